The van der Waals surface area contributed by atoms with Crippen molar-refractivity contribution in [3.8, 4) is 10.7 Å². The molecular weight excluding hydrogens is 222 g/mol. The smallest absolute Gasteiger partial charge is 0.142 e. The molecule has 0 radical (unpaired) electrons. The third-order valence-electron chi connectivity index (χ3n) is 2.73. The van der Waals surface area contributed by atoms with Gasteiger partial charge in [-0.2, -0.15) is 0 Å². The summed E-state index contributed by atoms with van der Waals surface area (Å²) >= 11 is 1.63. The molecule has 3 rings (SSSR count). The minimum absolute atomic E-state index is 0.393. The van der Waals surface area contributed by atoms with Gasteiger partial charge in [-0.3, -0.25) is 0 Å². The van der Waals surface area contributed by atoms with Crippen molar-refractivity contribution in [3.63, 3.8) is 0 Å². The zero-order valence-corrected chi connectivity index (χ0v) is 9.44. The first-order valence-electron chi connectivity index (χ1n) is 5.28. The third-order valence-corrected chi connectivity index (χ3v) is 3.88. The quantitative estimate of drug-likeness (QED) is 0.818. The molecule has 2 aromatic rings. The number of hydrogen-bond donors (Lipinski definition) is 1. The van der Waals surface area contributed by atoms with Gasteiger partial charge in [0.25, 0.3) is 0 Å². The van der Waals surface area contributed by atoms with E-state index in [4.69, 9.17) is 0 Å². The Morgan fingerprint density at radius 3 is 3.12 bits per heavy atom. The lowest BCUT2D eigenvalue weighted by molar-refractivity contribution is 0.153. The van der Waals surface area contributed by atoms with Gasteiger partial charge in [-0.05, 0) is 25.3 Å². The minimum Gasteiger partial charge on any atom is -0.387 e. The van der Waals surface area contributed by atoms with Crippen LogP contribution in [0.25, 0.3) is 10.7 Å². The van der Waals surface area contributed by atoms with Crippen LogP contribution in [0, 0.1) is 0 Å². The summed E-state index contributed by atoms with van der Waals surface area (Å²) < 4.78 is 0. The van der Waals surface area contributed by atoms with Crippen LogP contribution in [0.4, 0.5) is 0 Å². The van der Waals surface area contributed by atoms with Crippen LogP contribution in [0.2, 0.25) is 0 Å². The van der Waals surface area contributed by atoms with Crippen LogP contribution in [0.1, 0.15) is 29.5 Å². The molecule has 0 bridgehead atoms. The standard InChI is InChI=1S/C11H11N3OS/c15-8-2-1-3-9-10(8)14-11(16-9)7-4-5-12-6-13-7/h4-6,8,15H,1-3H2. The summed E-state index contributed by atoms with van der Waals surface area (Å²) in [5.41, 5.74) is 1.69. The molecule has 1 N–H and O–H groups in total. The van der Waals surface area contributed by atoms with Crippen LogP contribution in [0.5, 0.6) is 0 Å². The van der Waals surface area contributed by atoms with Crippen LogP contribution in [-0.4, -0.2) is 20.1 Å². The van der Waals surface area contributed by atoms with Crippen molar-refractivity contribution in [2.45, 2.75) is 25.4 Å². The predicted octanol–water partition coefficient (Wildman–Crippen LogP) is 1.97. The van der Waals surface area contributed by atoms with Crippen molar-refractivity contribution in [2.75, 3.05) is 0 Å². The molecule has 16 heavy (non-hydrogen) atoms. The Bertz CT molecular complexity index is 497. The van der Waals surface area contributed by atoms with E-state index >= 15 is 0 Å². The molecule has 0 spiro atoms. The van der Waals surface area contributed by atoms with E-state index < -0.39 is 6.10 Å². The van der Waals surface area contributed by atoms with Gasteiger partial charge in [0.15, 0.2) is 0 Å². The predicted molar refractivity (Wildman–Crippen MR) is 61.0 cm³/mol. The Morgan fingerprint density at radius 2 is 2.38 bits per heavy atom. The summed E-state index contributed by atoms with van der Waals surface area (Å²) in [7, 11) is 0. The summed E-state index contributed by atoms with van der Waals surface area (Å²) in [5, 5.41) is 10.7. The highest BCUT2D eigenvalue weighted by atomic mass is 32.1. The molecule has 5 heteroatoms. The molecule has 1 unspecified atom stereocenters. The number of fused-ring (bicyclic) bond motifs is 1. The topological polar surface area (TPSA) is 58.9 Å². The van der Waals surface area contributed by atoms with Crippen LogP contribution in [-0.2, 0) is 6.42 Å². The first kappa shape index (κ1) is 9.86. The maximum atomic E-state index is 9.83. The zero-order chi connectivity index (χ0) is 11.0. The fraction of sp³-hybridized carbons (Fsp3) is 0.364. The fourth-order valence-corrected chi connectivity index (χ4v) is 3.06. The van der Waals surface area contributed by atoms with Gasteiger partial charge in [0.05, 0.1) is 11.8 Å². The average molecular weight is 233 g/mol. The third kappa shape index (κ3) is 1.62. The molecule has 0 fully saturated rings. The lowest BCUT2D eigenvalue weighted by atomic mass is 10.0. The van der Waals surface area contributed by atoms with Gasteiger partial charge in [-0.1, -0.05) is 0 Å². The van der Waals surface area contributed by atoms with Crippen molar-refractivity contribution in [1.29, 1.82) is 0 Å². The highest BCUT2D eigenvalue weighted by Crippen LogP contribution is 2.36. The summed E-state index contributed by atoms with van der Waals surface area (Å²) in [6.07, 6.45) is 5.72. The average Bonchev–Trinajstić information content (AvgIpc) is 2.76. The van der Waals surface area contributed by atoms with Gasteiger partial charge in [-0.15, -0.1) is 11.3 Å². The molecule has 2 heterocycles. The van der Waals surface area contributed by atoms with Gasteiger partial charge in [0, 0.05) is 11.1 Å². The largest absolute Gasteiger partial charge is 0.387 e. The number of aliphatic hydroxyl groups excluding tert-OH is 1. The molecule has 82 valence electrons. The van der Waals surface area contributed by atoms with Crippen LogP contribution in [0.3, 0.4) is 0 Å². The van der Waals surface area contributed by atoms with Crippen LogP contribution in [0.15, 0.2) is 18.6 Å². The maximum absolute atomic E-state index is 9.83. The second kappa shape index (κ2) is 3.92. The normalized spacial score (nSPS) is 19.4. The summed E-state index contributed by atoms with van der Waals surface area (Å²) in [6.45, 7) is 0. The molecule has 0 amide bonds. The Morgan fingerprint density at radius 1 is 1.44 bits per heavy atom. The second-order valence-electron chi connectivity index (χ2n) is 3.83. The lowest BCUT2D eigenvalue weighted by Gasteiger charge is -2.14. The van der Waals surface area contributed by atoms with Crippen molar-refractivity contribution >= 4 is 11.3 Å². The Hall–Kier alpha value is -1.33. The molecule has 0 aliphatic heterocycles. The van der Waals surface area contributed by atoms with Gasteiger partial charge in [0.1, 0.15) is 17.0 Å². The minimum atomic E-state index is -0.393. The van der Waals surface area contributed by atoms with Gasteiger partial charge in [-0.25, -0.2) is 15.0 Å². The van der Waals surface area contributed by atoms with E-state index in [0.29, 0.717) is 0 Å². The zero-order valence-electron chi connectivity index (χ0n) is 8.63. The molecule has 0 aromatic carbocycles. The summed E-state index contributed by atoms with van der Waals surface area (Å²) in [4.78, 5) is 13.7. The van der Waals surface area contributed by atoms with Crippen molar-refractivity contribution < 1.29 is 5.11 Å². The van der Waals surface area contributed by atoms with Crippen LogP contribution < -0.4 is 0 Å². The number of hydrogen-bond acceptors (Lipinski definition) is 5. The van der Waals surface area contributed by atoms with E-state index in [1.54, 1.807) is 17.5 Å². The van der Waals surface area contributed by atoms with Gasteiger partial charge in [0.2, 0.25) is 0 Å². The van der Waals surface area contributed by atoms with Crippen molar-refractivity contribution in [1.82, 2.24) is 15.0 Å². The van der Waals surface area contributed by atoms with Gasteiger partial charge < -0.3 is 5.11 Å². The number of thiazole rings is 1. The van der Waals surface area contributed by atoms with E-state index in [-0.39, 0.29) is 0 Å². The van der Waals surface area contributed by atoms with Gasteiger partial charge >= 0.3 is 0 Å². The van der Waals surface area contributed by atoms with Crippen molar-refractivity contribution in [2.24, 2.45) is 0 Å². The highest BCUT2D eigenvalue weighted by molar-refractivity contribution is 7.15. The van der Waals surface area contributed by atoms with E-state index in [9.17, 15) is 5.11 Å². The summed E-state index contributed by atoms with van der Waals surface area (Å²) in [5.74, 6) is 0. The monoisotopic (exact) mass is 233 g/mol. The molecule has 1 aliphatic rings. The molecule has 0 saturated heterocycles. The molecule has 4 nitrogen and oxygen atoms in total. The first-order chi connectivity index (χ1) is 7.84. The second-order valence-corrected chi connectivity index (χ2v) is 4.91. The Kier molecular flexibility index (Phi) is 2.41. The summed E-state index contributed by atoms with van der Waals surface area (Å²) in [6, 6.07) is 1.84. The number of aryl methyl sites for hydroxylation is 1. The van der Waals surface area contributed by atoms with E-state index in [1.807, 2.05) is 6.07 Å². The SMILES string of the molecule is OC1CCCc2sc(-c3ccncn3)nc21. The molecule has 0 saturated carbocycles. The highest BCUT2D eigenvalue weighted by Gasteiger charge is 2.23. The Labute approximate surface area is 97.0 Å². The van der Waals surface area contributed by atoms with E-state index in [1.165, 1.54) is 11.2 Å². The van der Waals surface area contributed by atoms with E-state index in [2.05, 4.69) is 15.0 Å². The maximum Gasteiger partial charge on any atom is 0.142 e. The van der Waals surface area contributed by atoms with Crippen LogP contribution >= 0.6 is 11.3 Å². The molecule has 2 aromatic heterocycles. The first-order valence-corrected chi connectivity index (χ1v) is 6.10. The van der Waals surface area contributed by atoms with E-state index in [0.717, 1.165) is 35.7 Å². The number of nitrogens with zero attached hydrogens (tertiary/aromatic N) is 3. The van der Waals surface area contributed by atoms with Crippen molar-refractivity contribution in [3.05, 3.63) is 29.2 Å². The number of aliphatic hydroxyl groups is 1. The number of rotatable bonds is 1. The number of aromatic nitrogens is 3. The molecule has 1 atom stereocenters. The molecular formula is C11H11N3OS. The Balaban J connectivity index is 2.05. The molecule has 1 aliphatic carbocycles. The lowest BCUT2D eigenvalue weighted by Crippen LogP contribution is -2.07. The fourth-order valence-electron chi connectivity index (χ4n) is 1.92.